The number of carbonyl (C=O) groups excluding carboxylic acids is 2. The van der Waals surface area contributed by atoms with Crippen LogP contribution in [0.1, 0.15) is 102 Å². The molecule has 18 atom stereocenters. The molecule has 6 aliphatic carbocycles. The number of Topliss-reactive ketones (excluding diaryl/α,β-unsaturated/α-hetero) is 2. The van der Waals surface area contributed by atoms with E-state index in [4.69, 9.17) is 9.47 Å². The van der Waals surface area contributed by atoms with Crippen molar-refractivity contribution in [2.75, 3.05) is 13.2 Å². The van der Waals surface area contributed by atoms with E-state index in [-0.39, 0.29) is 227 Å². The molecule has 6 fully saturated rings. The summed E-state index contributed by atoms with van der Waals surface area (Å²) in [4.78, 5) is 27.4. The van der Waals surface area contributed by atoms with Crippen molar-refractivity contribution >= 4 is 11.6 Å². The Hall–Kier alpha value is 4.15. The maximum absolute atomic E-state index is 13.8. The SMILES string of the molecule is CC1=C2C(O)C(=O)[C@@]3(C)C(C(C)C(O)(CC1O)C2(C)C)[C@]1(O)COC1C[C@@H]3C.CC1=C2C(O)C(=O)[C@]3(C)C(O)CC4OC[C@@]4(O)C3C(C)C(O)(CC1O)C2(C)C.[Ac].[Ac].[Ac].[Ac]. The van der Waals surface area contributed by atoms with Gasteiger partial charge in [-0.15, -0.1) is 0 Å². The molecule has 17 heteroatoms. The first-order valence-electron chi connectivity index (χ1n) is 20.5. The number of carbonyl (C=O) groups is 2. The fourth-order valence-electron chi connectivity index (χ4n) is 14.3. The van der Waals surface area contributed by atoms with Gasteiger partial charge in [0.15, 0.2) is 11.6 Å². The van der Waals surface area contributed by atoms with Gasteiger partial charge in [0.05, 0.1) is 60.4 Å². The van der Waals surface area contributed by atoms with Crippen LogP contribution < -0.4 is 0 Å². The van der Waals surface area contributed by atoms with E-state index < -0.39 is 110 Å². The summed E-state index contributed by atoms with van der Waals surface area (Å²) in [6.45, 7) is 19.8. The standard InChI is InChI=1S/C22H34O6.C21H32O7.4Ac/c1-10-7-14-21(26,9-28-14)17-12(3)22(27)8-13(23)11(2)15(19(22,4)5)16(24)18(25)20(10,17)6;1-9-11(22)7-21(27)10(2)16-19(5,12(23)6-13-20(16,26)8-28-13)17(25)15(24)14(9)18(21,3)4;;;;/h10,12-14,16-17,23-24,26-27H,7-9H2,1-6H3;10-13,15-16,22-24,26-27H,6-8H2,1-5H3;;;;/t10-,12?,13?,14?,16?,17?,20+,21-,22?;10?,11?,12?,13?,15?,16?,19-,20+,21?;;;;/m01..../s1. The zero-order valence-corrected chi connectivity index (χ0v) is 56.1. The molecule has 2 saturated heterocycles. The van der Waals surface area contributed by atoms with Gasteiger partial charge in [0, 0.05) is 224 Å². The largest absolute Gasteiger partial charge is 0.392 e. The van der Waals surface area contributed by atoms with Gasteiger partial charge in [0.1, 0.15) is 23.4 Å². The number of fused-ring (bicyclic) bond motifs is 10. The molecule has 13 nitrogen and oxygen atoms in total. The molecule has 4 saturated carbocycles. The van der Waals surface area contributed by atoms with Crippen LogP contribution in [0.4, 0.5) is 0 Å². The average molecular weight is 1700 g/mol. The van der Waals surface area contributed by atoms with E-state index in [9.17, 15) is 55.5 Å². The fraction of sp³-hybridized carbons (Fsp3) is 0.860. The maximum atomic E-state index is 13.8. The summed E-state index contributed by atoms with van der Waals surface area (Å²) in [7, 11) is 0. The van der Waals surface area contributed by atoms with Gasteiger partial charge in [0.2, 0.25) is 0 Å². The quantitative estimate of drug-likeness (QED) is 0.155. The second-order valence-corrected chi connectivity index (χ2v) is 20.8. The van der Waals surface area contributed by atoms with Crippen LogP contribution in [0, 0.1) is 227 Å². The minimum Gasteiger partial charge on any atom is -0.392 e. The Labute approximate surface area is 498 Å². The van der Waals surface area contributed by atoms with E-state index >= 15 is 0 Å². The van der Waals surface area contributed by atoms with Crippen molar-refractivity contribution in [3.8, 4) is 0 Å². The van der Waals surface area contributed by atoms with Gasteiger partial charge < -0.3 is 55.4 Å². The Morgan fingerprint density at radius 1 is 0.550 bits per heavy atom. The molecule has 328 valence electrons. The molecule has 0 spiro atoms. The van der Waals surface area contributed by atoms with E-state index in [1.807, 2.05) is 34.6 Å². The maximum Gasteiger partial charge on any atom is 0.174 e. The van der Waals surface area contributed by atoms with Crippen LogP contribution in [0.5, 0.6) is 0 Å². The van der Waals surface area contributed by atoms with Gasteiger partial charge in [-0.1, -0.05) is 55.4 Å². The molecule has 8 aliphatic rings. The zero-order chi connectivity index (χ0) is 42.0. The van der Waals surface area contributed by atoms with Crippen molar-refractivity contribution in [2.24, 2.45) is 51.2 Å². The van der Waals surface area contributed by atoms with Crippen LogP contribution in [0.2, 0.25) is 0 Å². The first-order valence-corrected chi connectivity index (χ1v) is 20.5. The Morgan fingerprint density at radius 2 is 0.883 bits per heavy atom. The predicted octanol–water partition coefficient (Wildman–Crippen LogP) is 1.12. The molecule has 0 aromatic heterocycles. The number of rotatable bonds is 0. The van der Waals surface area contributed by atoms with Crippen LogP contribution in [-0.4, -0.2) is 136 Å². The second kappa shape index (κ2) is 18.7. The van der Waals surface area contributed by atoms with Crippen molar-refractivity contribution in [2.45, 2.75) is 167 Å². The summed E-state index contributed by atoms with van der Waals surface area (Å²) in [6, 6.07) is 0. The summed E-state index contributed by atoms with van der Waals surface area (Å²) in [5.41, 5.74) is -8.09. The minimum atomic E-state index is -1.58. The summed E-state index contributed by atoms with van der Waals surface area (Å²) in [5, 5.41) is 102. The van der Waals surface area contributed by atoms with Crippen molar-refractivity contribution in [3.05, 3.63) is 22.3 Å². The number of ether oxygens (including phenoxy) is 2. The third-order valence-electron chi connectivity index (χ3n) is 18.2. The van der Waals surface area contributed by atoms with Gasteiger partial charge in [-0.3, -0.25) is 9.59 Å². The summed E-state index contributed by atoms with van der Waals surface area (Å²) < 4.78 is 11.1. The number of hydrogen-bond donors (Lipinski definition) is 9. The minimum absolute atomic E-state index is 0. The summed E-state index contributed by atoms with van der Waals surface area (Å²) in [6.07, 6.45) is -6.27. The van der Waals surface area contributed by atoms with Crippen LogP contribution in [-0.2, 0) is 19.1 Å². The molecular formula is C43H66Ac4O13. The van der Waals surface area contributed by atoms with Gasteiger partial charge in [-0.2, -0.15) is 0 Å². The molecule has 8 rings (SSSR count). The van der Waals surface area contributed by atoms with Crippen LogP contribution in [0.15, 0.2) is 22.3 Å². The molecule has 9 N–H and O–H groups in total. The zero-order valence-electron chi connectivity index (χ0n) is 37.1. The van der Waals surface area contributed by atoms with Crippen LogP contribution >= 0.6 is 0 Å². The van der Waals surface area contributed by atoms with E-state index in [0.717, 1.165) is 0 Å². The van der Waals surface area contributed by atoms with Crippen molar-refractivity contribution < 1.29 is 241 Å². The van der Waals surface area contributed by atoms with Crippen molar-refractivity contribution in [1.29, 1.82) is 0 Å². The van der Waals surface area contributed by atoms with E-state index in [1.54, 1.807) is 41.5 Å². The molecule has 0 amide bonds. The smallest absolute Gasteiger partial charge is 0.174 e. The number of hydrogen-bond acceptors (Lipinski definition) is 13. The number of aliphatic hydroxyl groups is 9. The molecule has 60 heavy (non-hydrogen) atoms. The monoisotopic (exact) mass is 1700 g/mol. The average Bonchev–Trinajstić information content (AvgIpc) is 3.10. The molecular weight excluding hydrogens is 1630 g/mol. The fourth-order valence-corrected chi connectivity index (χ4v) is 14.3. The molecule has 4 radical (unpaired) electrons. The normalized spacial score (nSPS) is 51.9. The van der Waals surface area contributed by atoms with Crippen LogP contribution in [0.25, 0.3) is 0 Å². The molecule has 4 bridgehead atoms. The van der Waals surface area contributed by atoms with E-state index in [2.05, 4.69) is 0 Å². The van der Waals surface area contributed by atoms with Crippen molar-refractivity contribution in [3.63, 3.8) is 0 Å². The first kappa shape index (κ1) is 58.5. The molecule has 13 unspecified atom stereocenters. The molecule has 2 aliphatic heterocycles. The number of ketones is 2. The third-order valence-corrected chi connectivity index (χ3v) is 18.2. The number of aliphatic hydroxyl groups excluding tert-OH is 5. The Morgan fingerprint density at radius 3 is 1.23 bits per heavy atom. The summed E-state index contributed by atoms with van der Waals surface area (Å²) in [5.74, 6) is -3.57. The van der Waals surface area contributed by atoms with Gasteiger partial charge in [-0.05, 0) is 67.2 Å². The first-order chi connectivity index (χ1) is 25.5. The molecule has 0 aromatic rings. The van der Waals surface area contributed by atoms with Crippen LogP contribution in [0.3, 0.4) is 0 Å². The van der Waals surface area contributed by atoms with Gasteiger partial charge in [-0.25, -0.2) is 0 Å². The molecule has 0 aromatic carbocycles. The Kier molecular flexibility index (Phi) is 18.2. The van der Waals surface area contributed by atoms with Gasteiger partial charge in [0.25, 0.3) is 0 Å². The van der Waals surface area contributed by atoms with Gasteiger partial charge >= 0.3 is 0 Å². The Balaban J connectivity index is 0.000000300. The predicted molar refractivity (Wildman–Crippen MR) is 201 cm³/mol. The van der Waals surface area contributed by atoms with E-state index in [0.29, 0.717) is 28.7 Å². The van der Waals surface area contributed by atoms with Crippen molar-refractivity contribution in [1.82, 2.24) is 0 Å². The molecule has 2 heterocycles. The van der Waals surface area contributed by atoms with E-state index in [1.165, 1.54) is 0 Å². The summed E-state index contributed by atoms with van der Waals surface area (Å²) >= 11 is 0. The second-order valence-electron chi connectivity index (χ2n) is 20.8. The third kappa shape index (κ3) is 7.49. The Bertz CT molecular complexity index is 1670. The topological polar surface area (TPSA) is 235 Å².